The Morgan fingerprint density at radius 2 is 1.20 bits per heavy atom. The summed E-state index contributed by atoms with van der Waals surface area (Å²) in [7, 11) is 0.984. The minimum absolute atomic E-state index is 0.570. The Kier molecular flexibility index (Phi) is 4.90. The Labute approximate surface area is 177 Å². The van der Waals surface area contributed by atoms with Crippen LogP contribution in [0.1, 0.15) is 11.1 Å². The van der Waals surface area contributed by atoms with Crippen LogP contribution in [0.5, 0.6) is 11.5 Å². The van der Waals surface area contributed by atoms with E-state index in [0.29, 0.717) is 13.5 Å². The van der Waals surface area contributed by atoms with E-state index in [2.05, 4.69) is 21.9 Å². The van der Waals surface area contributed by atoms with Gasteiger partial charge in [-0.05, 0) is 50.5 Å². The van der Waals surface area contributed by atoms with Crippen molar-refractivity contribution in [2.45, 2.75) is 13.1 Å². The van der Waals surface area contributed by atoms with E-state index in [1.807, 2.05) is 68.7 Å². The zero-order valence-corrected chi connectivity index (χ0v) is 18.1. The Morgan fingerprint density at radius 1 is 0.700 bits per heavy atom. The third-order valence-electron chi connectivity index (χ3n) is 5.70. The number of rotatable bonds is 3. The number of hydrogen-bond donors (Lipinski definition) is 0. The Balaban J connectivity index is 1.68. The highest BCUT2D eigenvalue weighted by Gasteiger charge is 2.32. The van der Waals surface area contributed by atoms with Crippen LogP contribution in [0.4, 0.5) is 0 Å². The van der Waals surface area contributed by atoms with Crippen molar-refractivity contribution in [1.29, 1.82) is 0 Å². The first-order valence-electron chi connectivity index (χ1n) is 10.1. The molecule has 154 valence electrons. The van der Waals surface area contributed by atoms with Crippen LogP contribution in [0.25, 0.3) is 0 Å². The first-order valence-corrected chi connectivity index (χ1v) is 11.8. The summed E-state index contributed by atoms with van der Waals surface area (Å²) in [5.41, 5.74) is 2.14. The van der Waals surface area contributed by atoms with Crippen molar-refractivity contribution in [3.05, 3.63) is 77.9 Å². The van der Waals surface area contributed by atoms with E-state index >= 15 is 0 Å². The molecule has 3 aromatic carbocycles. The molecule has 0 saturated carbocycles. The summed E-state index contributed by atoms with van der Waals surface area (Å²) < 4.78 is 26.5. The normalized spacial score (nSPS) is 16.9. The quantitative estimate of drug-likeness (QED) is 0.610. The van der Waals surface area contributed by atoms with Gasteiger partial charge in [0.05, 0.1) is 0 Å². The largest absolute Gasteiger partial charge is 0.478 e. The minimum Gasteiger partial charge on any atom is -0.478 e. The number of fused-ring (bicyclic) bond motifs is 2. The fraction of sp³-hybridized carbons (Fsp3) is 0.250. The first-order chi connectivity index (χ1) is 14.5. The number of ether oxygens (including phenoxy) is 2. The molecule has 2 aliphatic heterocycles. The van der Waals surface area contributed by atoms with Crippen molar-refractivity contribution in [2.75, 3.05) is 27.6 Å². The van der Waals surface area contributed by atoms with Gasteiger partial charge in [-0.15, -0.1) is 0 Å². The van der Waals surface area contributed by atoms with Crippen LogP contribution in [0.15, 0.2) is 66.7 Å². The summed E-state index contributed by atoms with van der Waals surface area (Å²) in [5, 5.41) is 2.49. The number of hydrogen-bond acceptors (Lipinski definition) is 5. The molecule has 0 N–H and O–H groups in total. The van der Waals surface area contributed by atoms with Gasteiger partial charge in [0.1, 0.15) is 25.0 Å². The Bertz CT molecular complexity index is 1070. The fourth-order valence-electron chi connectivity index (χ4n) is 4.17. The van der Waals surface area contributed by atoms with E-state index in [-0.39, 0.29) is 0 Å². The summed E-state index contributed by atoms with van der Waals surface area (Å²) in [4.78, 5) is 4.21. The third-order valence-corrected chi connectivity index (χ3v) is 8.73. The third kappa shape index (κ3) is 3.33. The zero-order valence-electron chi connectivity index (χ0n) is 17.2. The van der Waals surface area contributed by atoms with Gasteiger partial charge in [-0.3, -0.25) is 9.80 Å². The number of nitrogens with zero attached hydrogens (tertiary/aromatic N) is 2. The highest BCUT2D eigenvalue weighted by atomic mass is 31.2. The van der Waals surface area contributed by atoms with Gasteiger partial charge < -0.3 is 14.0 Å². The summed E-state index contributed by atoms with van der Waals surface area (Å²) in [6, 6.07) is 21.7. The zero-order chi connectivity index (χ0) is 20.7. The van der Waals surface area contributed by atoms with Crippen molar-refractivity contribution >= 4 is 23.1 Å². The van der Waals surface area contributed by atoms with E-state index in [0.717, 1.165) is 51.6 Å². The molecule has 30 heavy (non-hydrogen) atoms. The van der Waals surface area contributed by atoms with Crippen LogP contribution in [-0.4, -0.2) is 37.4 Å². The molecule has 2 aliphatic rings. The molecule has 0 fully saturated rings. The predicted molar refractivity (Wildman–Crippen MR) is 120 cm³/mol. The second-order valence-corrected chi connectivity index (χ2v) is 10.9. The molecule has 5 nitrogen and oxygen atoms in total. The monoisotopic (exact) mass is 420 g/mol. The highest BCUT2D eigenvalue weighted by Crippen LogP contribution is 2.44. The lowest BCUT2D eigenvalue weighted by Crippen LogP contribution is -2.31. The summed E-state index contributed by atoms with van der Waals surface area (Å²) in [6.45, 7) is 2.70. The van der Waals surface area contributed by atoms with Crippen molar-refractivity contribution in [2.24, 2.45) is 0 Å². The van der Waals surface area contributed by atoms with Crippen LogP contribution in [0, 0.1) is 0 Å². The van der Waals surface area contributed by atoms with Gasteiger partial charge in [0.15, 0.2) is 7.14 Å². The summed E-state index contributed by atoms with van der Waals surface area (Å²) >= 11 is 0. The van der Waals surface area contributed by atoms with Gasteiger partial charge in [0.25, 0.3) is 0 Å². The van der Waals surface area contributed by atoms with Crippen LogP contribution >= 0.6 is 7.14 Å². The molecule has 0 amide bonds. The lowest BCUT2D eigenvalue weighted by atomic mass is 10.1. The maximum Gasteiger partial charge on any atom is 0.171 e. The molecule has 0 aliphatic carbocycles. The molecule has 5 rings (SSSR count). The van der Waals surface area contributed by atoms with Gasteiger partial charge >= 0.3 is 0 Å². The van der Waals surface area contributed by atoms with E-state index in [1.54, 1.807) is 0 Å². The van der Waals surface area contributed by atoms with E-state index in [9.17, 15) is 4.57 Å². The van der Waals surface area contributed by atoms with E-state index in [1.165, 1.54) is 0 Å². The Hall–Kier alpha value is -2.59. The molecule has 6 heteroatoms. The molecule has 0 radical (unpaired) electrons. The number of benzene rings is 3. The van der Waals surface area contributed by atoms with Crippen molar-refractivity contribution in [1.82, 2.24) is 9.80 Å². The summed E-state index contributed by atoms with van der Waals surface area (Å²) in [6.07, 6.45) is 0. The highest BCUT2D eigenvalue weighted by molar-refractivity contribution is 7.85. The van der Waals surface area contributed by atoms with Gasteiger partial charge in [-0.2, -0.15) is 0 Å². The van der Waals surface area contributed by atoms with Crippen molar-refractivity contribution in [3.8, 4) is 11.5 Å². The lowest BCUT2D eigenvalue weighted by Gasteiger charge is -2.29. The Morgan fingerprint density at radius 3 is 1.70 bits per heavy atom. The molecule has 0 aromatic heterocycles. The molecular weight excluding hydrogens is 395 g/mol. The second-order valence-electron chi connectivity index (χ2n) is 8.10. The van der Waals surface area contributed by atoms with Gasteiger partial charge in [0.2, 0.25) is 0 Å². The van der Waals surface area contributed by atoms with E-state index in [4.69, 9.17) is 9.47 Å². The van der Waals surface area contributed by atoms with Gasteiger partial charge in [-0.1, -0.05) is 30.3 Å². The van der Waals surface area contributed by atoms with Crippen LogP contribution in [0.3, 0.4) is 0 Å². The molecule has 0 bridgehead atoms. The minimum atomic E-state index is -3.06. The average molecular weight is 420 g/mol. The van der Waals surface area contributed by atoms with Crippen LogP contribution in [-0.2, 0) is 17.7 Å². The lowest BCUT2D eigenvalue weighted by molar-refractivity contribution is 0.121. The maximum absolute atomic E-state index is 14.8. The van der Waals surface area contributed by atoms with Gasteiger partial charge in [0, 0.05) is 40.1 Å². The molecule has 2 heterocycles. The summed E-state index contributed by atoms with van der Waals surface area (Å²) in [5.74, 6) is 1.74. The second kappa shape index (κ2) is 7.59. The maximum atomic E-state index is 14.8. The molecule has 3 aromatic rings. The van der Waals surface area contributed by atoms with Gasteiger partial charge in [-0.25, -0.2) is 0 Å². The SMILES string of the molecule is CN1COc2ccc(P(=O)(c3ccccc3)c3ccc4c(c3)CN(C)CO4)cc2C1. The molecule has 0 atom stereocenters. The van der Waals surface area contributed by atoms with Crippen molar-refractivity contribution in [3.63, 3.8) is 0 Å². The first kappa shape index (κ1) is 19.4. The molecule has 0 spiro atoms. The standard InChI is InChI=1S/C24H25N2O3P/c1-25-14-18-12-21(8-10-23(18)28-16-25)30(27,20-6-4-3-5-7-20)22-9-11-24-19(13-22)15-26(2)17-29-24/h3-13H,14-17H2,1-2H3. The molecule has 0 saturated heterocycles. The van der Waals surface area contributed by atoms with E-state index < -0.39 is 7.14 Å². The fourth-order valence-corrected chi connectivity index (χ4v) is 6.90. The van der Waals surface area contributed by atoms with Crippen molar-refractivity contribution < 1.29 is 14.0 Å². The topological polar surface area (TPSA) is 42.0 Å². The molecular formula is C24H25N2O3P. The smallest absolute Gasteiger partial charge is 0.171 e. The van der Waals surface area contributed by atoms with Crippen LogP contribution in [0.2, 0.25) is 0 Å². The molecule has 0 unspecified atom stereocenters. The van der Waals surface area contributed by atoms with Crippen LogP contribution < -0.4 is 25.4 Å². The average Bonchev–Trinajstić information content (AvgIpc) is 2.78. The predicted octanol–water partition coefficient (Wildman–Crippen LogP) is 2.89.